The summed E-state index contributed by atoms with van der Waals surface area (Å²) < 4.78 is 35.0. The van der Waals surface area contributed by atoms with Crippen LogP contribution in [0.2, 0.25) is 0 Å². The maximum Gasteiger partial charge on any atom is 0.417 e. The number of benzene rings is 2. The summed E-state index contributed by atoms with van der Waals surface area (Å²) in [4.78, 5) is 15.7. The first-order valence-electron chi connectivity index (χ1n) is 8.38. The van der Waals surface area contributed by atoms with Crippen molar-refractivity contribution in [3.05, 3.63) is 58.6 Å². The molecule has 27 heavy (non-hydrogen) atoms. The van der Waals surface area contributed by atoms with E-state index in [1.54, 1.807) is 24.3 Å². The van der Waals surface area contributed by atoms with Crippen molar-refractivity contribution in [3.63, 3.8) is 0 Å². The van der Waals surface area contributed by atoms with Gasteiger partial charge in [-0.2, -0.15) is 13.5 Å². The second-order valence-corrected chi connectivity index (χ2v) is 7.46. The fraction of sp³-hybridized carbons (Fsp3) is 0.222. The average molecular weight is 389 g/mol. The molecule has 0 spiro atoms. The number of rotatable bonds is 8. The van der Waals surface area contributed by atoms with Gasteiger partial charge >= 0.3 is 5.76 Å². The lowest BCUT2D eigenvalue weighted by Gasteiger charge is -2.05. The van der Waals surface area contributed by atoms with Gasteiger partial charge in [0.25, 0.3) is 10.0 Å². The van der Waals surface area contributed by atoms with E-state index in [2.05, 4.69) is 21.8 Å². The molecular formula is C18H19N3O5S. The van der Waals surface area contributed by atoms with Crippen LogP contribution < -0.4 is 15.3 Å². The van der Waals surface area contributed by atoms with Gasteiger partial charge in [0.2, 0.25) is 0 Å². The van der Waals surface area contributed by atoms with Gasteiger partial charge in [0.15, 0.2) is 5.58 Å². The van der Waals surface area contributed by atoms with Crippen molar-refractivity contribution < 1.29 is 17.6 Å². The molecule has 3 aromatic rings. The topological polar surface area (TPSA) is 114 Å². The molecule has 0 radical (unpaired) electrons. The fourth-order valence-electron chi connectivity index (χ4n) is 2.30. The highest BCUT2D eigenvalue weighted by molar-refractivity contribution is 7.89. The smallest absolute Gasteiger partial charge is 0.417 e. The van der Waals surface area contributed by atoms with Gasteiger partial charge in [-0.1, -0.05) is 13.3 Å². The van der Waals surface area contributed by atoms with E-state index in [9.17, 15) is 13.2 Å². The van der Waals surface area contributed by atoms with Crippen LogP contribution in [0.5, 0.6) is 5.75 Å². The summed E-state index contributed by atoms with van der Waals surface area (Å²) in [7, 11) is -3.88. The Morgan fingerprint density at radius 3 is 2.74 bits per heavy atom. The lowest BCUT2D eigenvalue weighted by atomic mass is 10.2. The van der Waals surface area contributed by atoms with Crippen molar-refractivity contribution in [2.24, 2.45) is 5.10 Å². The lowest BCUT2D eigenvalue weighted by Crippen LogP contribution is -2.18. The third-order valence-corrected chi connectivity index (χ3v) is 4.96. The Kier molecular flexibility index (Phi) is 5.60. The van der Waals surface area contributed by atoms with Gasteiger partial charge in [0.1, 0.15) is 5.75 Å². The second kappa shape index (κ2) is 8.09. The number of sulfonamides is 1. The molecule has 0 fully saturated rings. The summed E-state index contributed by atoms with van der Waals surface area (Å²) in [6, 6.07) is 11.2. The Morgan fingerprint density at radius 1 is 1.22 bits per heavy atom. The molecule has 2 aromatic carbocycles. The first-order valence-corrected chi connectivity index (χ1v) is 9.87. The minimum atomic E-state index is -3.88. The van der Waals surface area contributed by atoms with Crippen molar-refractivity contribution in [1.82, 2.24) is 9.82 Å². The summed E-state index contributed by atoms with van der Waals surface area (Å²) in [5.41, 5.74) is 1.29. The van der Waals surface area contributed by atoms with Crippen LogP contribution in [0, 0.1) is 0 Å². The zero-order valence-electron chi connectivity index (χ0n) is 14.6. The molecule has 0 unspecified atom stereocenters. The zero-order chi connectivity index (χ0) is 19.3. The first-order chi connectivity index (χ1) is 13.0. The van der Waals surface area contributed by atoms with Crippen molar-refractivity contribution in [1.29, 1.82) is 0 Å². The number of nitrogens with one attached hydrogen (secondary N) is 2. The van der Waals surface area contributed by atoms with Crippen molar-refractivity contribution >= 4 is 27.3 Å². The van der Waals surface area contributed by atoms with Gasteiger partial charge < -0.3 is 9.15 Å². The molecule has 0 atom stereocenters. The minimum Gasteiger partial charge on any atom is -0.494 e. The van der Waals surface area contributed by atoms with Gasteiger partial charge in [-0.3, -0.25) is 4.98 Å². The quantitative estimate of drug-likeness (QED) is 0.349. The lowest BCUT2D eigenvalue weighted by molar-refractivity contribution is 0.309. The molecule has 1 aromatic heterocycles. The number of unbranched alkanes of at least 4 members (excludes halogenated alkanes) is 1. The van der Waals surface area contributed by atoms with Crippen molar-refractivity contribution in [2.45, 2.75) is 24.7 Å². The molecule has 2 N–H and O–H groups in total. The molecule has 0 bridgehead atoms. The van der Waals surface area contributed by atoms with Crippen LogP contribution in [0.1, 0.15) is 25.3 Å². The number of aromatic nitrogens is 1. The summed E-state index contributed by atoms with van der Waals surface area (Å²) >= 11 is 0. The van der Waals surface area contributed by atoms with E-state index in [1.807, 2.05) is 0 Å². The maximum atomic E-state index is 12.3. The van der Waals surface area contributed by atoms with Crippen molar-refractivity contribution in [3.8, 4) is 5.75 Å². The van der Waals surface area contributed by atoms with E-state index in [0.717, 1.165) is 18.6 Å². The van der Waals surface area contributed by atoms with Crippen LogP contribution in [0.25, 0.3) is 11.1 Å². The van der Waals surface area contributed by atoms with Crippen LogP contribution in [-0.4, -0.2) is 26.2 Å². The maximum absolute atomic E-state index is 12.3. The summed E-state index contributed by atoms with van der Waals surface area (Å²) in [5.74, 6) is 0.107. The van der Waals surface area contributed by atoms with Crippen LogP contribution in [-0.2, 0) is 10.0 Å². The van der Waals surface area contributed by atoms with Crippen molar-refractivity contribution in [2.75, 3.05) is 6.61 Å². The van der Waals surface area contributed by atoms with Crippen LogP contribution >= 0.6 is 0 Å². The predicted molar refractivity (Wildman–Crippen MR) is 102 cm³/mol. The van der Waals surface area contributed by atoms with Crippen LogP contribution in [0.4, 0.5) is 0 Å². The van der Waals surface area contributed by atoms with Gasteiger partial charge in [-0.15, -0.1) is 0 Å². The van der Waals surface area contributed by atoms with E-state index in [0.29, 0.717) is 17.7 Å². The highest BCUT2D eigenvalue weighted by Gasteiger charge is 2.14. The Balaban J connectivity index is 1.65. The monoisotopic (exact) mass is 389 g/mol. The molecular weight excluding hydrogens is 370 g/mol. The number of H-pyrrole nitrogens is 1. The minimum absolute atomic E-state index is 0.0606. The van der Waals surface area contributed by atoms with E-state index in [1.165, 1.54) is 24.4 Å². The van der Waals surface area contributed by atoms with Gasteiger partial charge in [-0.05, 0) is 48.4 Å². The molecule has 1 heterocycles. The summed E-state index contributed by atoms with van der Waals surface area (Å²) in [5, 5.41) is 3.78. The number of aromatic amines is 1. The molecule has 0 saturated heterocycles. The highest BCUT2D eigenvalue weighted by Crippen LogP contribution is 2.16. The predicted octanol–water partition coefficient (Wildman–Crippen LogP) is 2.61. The Morgan fingerprint density at radius 2 is 2.00 bits per heavy atom. The number of oxazole rings is 1. The molecule has 0 aliphatic rings. The standard InChI is InChI=1S/C18H19N3O5S/c1-2-3-10-25-14-6-4-13(5-7-14)12-19-21-27(23,24)15-8-9-16-17(11-15)26-18(22)20-16/h4-9,11-12,21H,2-3,10H2,1H3,(H,20,22)/b19-12+. The molecule has 8 nitrogen and oxygen atoms in total. The fourth-order valence-corrected chi connectivity index (χ4v) is 3.11. The van der Waals surface area contributed by atoms with Gasteiger partial charge in [0, 0.05) is 6.07 Å². The molecule has 0 aliphatic heterocycles. The van der Waals surface area contributed by atoms with E-state index in [-0.39, 0.29) is 10.5 Å². The van der Waals surface area contributed by atoms with Gasteiger partial charge in [0.05, 0.1) is 23.2 Å². The third-order valence-electron chi connectivity index (χ3n) is 3.74. The zero-order valence-corrected chi connectivity index (χ0v) is 15.5. The molecule has 0 saturated carbocycles. The number of hydrogen-bond acceptors (Lipinski definition) is 6. The Hall–Kier alpha value is -3.07. The van der Waals surface area contributed by atoms with E-state index in [4.69, 9.17) is 9.15 Å². The number of fused-ring (bicyclic) bond motifs is 1. The molecule has 0 aliphatic carbocycles. The second-order valence-electron chi connectivity index (χ2n) is 5.80. The number of nitrogens with zero attached hydrogens (tertiary/aromatic N) is 1. The molecule has 142 valence electrons. The number of hydrazone groups is 1. The highest BCUT2D eigenvalue weighted by atomic mass is 32.2. The van der Waals surface area contributed by atoms with E-state index < -0.39 is 15.8 Å². The first kappa shape index (κ1) is 18.7. The average Bonchev–Trinajstić information content (AvgIpc) is 3.02. The Bertz CT molecular complexity index is 1100. The Labute approximate surface area is 155 Å². The van der Waals surface area contributed by atoms with Crippen LogP contribution in [0.15, 0.2) is 61.7 Å². The molecule has 9 heteroatoms. The normalized spacial score (nSPS) is 11.9. The third kappa shape index (κ3) is 4.76. The summed E-state index contributed by atoms with van der Waals surface area (Å²) in [6.45, 7) is 2.76. The summed E-state index contributed by atoms with van der Waals surface area (Å²) in [6.07, 6.45) is 3.44. The number of ether oxygens (including phenoxy) is 1. The van der Waals surface area contributed by atoms with Gasteiger partial charge in [-0.25, -0.2) is 9.63 Å². The van der Waals surface area contributed by atoms with E-state index >= 15 is 0 Å². The molecule has 0 amide bonds. The van der Waals surface area contributed by atoms with Crippen LogP contribution in [0.3, 0.4) is 0 Å². The molecule has 3 rings (SSSR count). The SMILES string of the molecule is CCCCOc1ccc(/C=N/NS(=O)(=O)c2ccc3[nH]c(=O)oc3c2)cc1. The largest absolute Gasteiger partial charge is 0.494 e. The number of hydrogen-bond donors (Lipinski definition) is 2.